The van der Waals surface area contributed by atoms with Crippen LogP contribution in [0.2, 0.25) is 0 Å². The largest absolute Gasteiger partial charge is 0.486 e. The smallest absolute Gasteiger partial charge is 0.259 e. The molecular formula is C19H16N2O4. The molecule has 0 unspecified atom stereocenters. The fourth-order valence-corrected chi connectivity index (χ4v) is 3.01. The van der Waals surface area contributed by atoms with E-state index in [2.05, 4.69) is 11.9 Å². The maximum absolute atomic E-state index is 12.5. The minimum absolute atomic E-state index is 0.114. The highest BCUT2D eigenvalue weighted by Crippen LogP contribution is 2.37. The van der Waals surface area contributed by atoms with Crippen LogP contribution in [-0.2, 0) is 4.79 Å². The molecule has 25 heavy (non-hydrogen) atoms. The molecule has 0 saturated carbocycles. The van der Waals surface area contributed by atoms with Gasteiger partial charge in [-0.05, 0) is 18.2 Å². The quantitative estimate of drug-likeness (QED) is 0.935. The van der Waals surface area contributed by atoms with Crippen molar-refractivity contribution < 1.29 is 19.1 Å². The Morgan fingerprint density at radius 2 is 1.84 bits per heavy atom. The lowest BCUT2D eigenvalue weighted by Crippen LogP contribution is -2.33. The van der Waals surface area contributed by atoms with Crippen LogP contribution in [0.25, 0.3) is 5.70 Å². The first kappa shape index (κ1) is 15.3. The number of nitrogens with one attached hydrogen (secondary N) is 1. The Morgan fingerprint density at radius 3 is 2.64 bits per heavy atom. The van der Waals surface area contributed by atoms with Crippen molar-refractivity contribution in [3.8, 4) is 11.5 Å². The van der Waals surface area contributed by atoms with Gasteiger partial charge in [0.15, 0.2) is 11.5 Å². The van der Waals surface area contributed by atoms with Gasteiger partial charge in [-0.15, -0.1) is 0 Å². The molecule has 0 spiro atoms. The highest BCUT2D eigenvalue weighted by Gasteiger charge is 2.32. The molecule has 126 valence electrons. The first-order valence-corrected chi connectivity index (χ1v) is 7.94. The van der Waals surface area contributed by atoms with E-state index in [0.717, 1.165) is 5.56 Å². The van der Waals surface area contributed by atoms with Gasteiger partial charge in [-0.1, -0.05) is 30.8 Å². The van der Waals surface area contributed by atoms with Gasteiger partial charge in [0.2, 0.25) is 5.91 Å². The molecule has 6 heteroatoms. The molecule has 2 heterocycles. The van der Waals surface area contributed by atoms with Crippen molar-refractivity contribution in [3.05, 3.63) is 60.2 Å². The van der Waals surface area contributed by atoms with Crippen molar-refractivity contribution in [2.45, 2.75) is 0 Å². The van der Waals surface area contributed by atoms with Gasteiger partial charge < -0.3 is 14.8 Å². The number of carbonyl (C=O) groups is 2. The van der Waals surface area contributed by atoms with Crippen LogP contribution < -0.4 is 14.8 Å². The molecule has 2 amide bonds. The van der Waals surface area contributed by atoms with E-state index in [1.807, 2.05) is 12.1 Å². The highest BCUT2D eigenvalue weighted by atomic mass is 16.6. The van der Waals surface area contributed by atoms with Gasteiger partial charge in [0.1, 0.15) is 19.8 Å². The van der Waals surface area contributed by atoms with E-state index in [9.17, 15) is 9.59 Å². The van der Waals surface area contributed by atoms with Crippen molar-refractivity contribution in [2.24, 2.45) is 0 Å². The van der Waals surface area contributed by atoms with Crippen LogP contribution in [0.15, 0.2) is 49.0 Å². The van der Waals surface area contributed by atoms with Crippen molar-refractivity contribution >= 4 is 23.2 Å². The summed E-state index contributed by atoms with van der Waals surface area (Å²) in [6, 6.07) is 12.5. The van der Waals surface area contributed by atoms with Crippen molar-refractivity contribution in [1.82, 2.24) is 4.90 Å². The summed E-state index contributed by atoms with van der Waals surface area (Å²) in [5, 5.41) is 2.79. The van der Waals surface area contributed by atoms with Gasteiger partial charge in [-0.25, -0.2) is 0 Å². The molecule has 0 aliphatic carbocycles. The molecule has 2 aliphatic rings. The van der Waals surface area contributed by atoms with E-state index in [-0.39, 0.29) is 18.4 Å². The second-order valence-corrected chi connectivity index (χ2v) is 5.76. The van der Waals surface area contributed by atoms with Crippen molar-refractivity contribution in [2.75, 3.05) is 25.1 Å². The summed E-state index contributed by atoms with van der Waals surface area (Å²) in [5.41, 5.74) is 2.38. The standard InChI is InChI=1S/C19H16N2O4/c1-12-13-5-2-3-6-14(13)19(23)21(12)11-17(22)20-15-7-4-8-16-18(15)25-10-9-24-16/h2-8H,1,9-11H2,(H,20,22). The highest BCUT2D eigenvalue weighted by molar-refractivity contribution is 6.11. The maximum Gasteiger partial charge on any atom is 0.259 e. The molecule has 0 bridgehead atoms. The number of amides is 2. The lowest BCUT2D eigenvalue weighted by molar-refractivity contribution is -0.116. The number of hydrogen-bond acceptors (Lipinski definition) is 4. The molecule has 6 nitrogen and oxygen atoms in total. The number of ether oxygens (including phenoxy) is 2. The van der Waals surface area contributed by atoms with Crippen LogP contribution in [0.5, 0.6) is 11.5 Å². The summed E-state index contributed by atoms with van der Waals surface area (Å²) < 4.78 is 11.1. The van der Waals surface area contributed by atoms with Gasteiger partial charge in [-0.3, -0.25) is 14.5 Å². The van der Waals surface area contributed by atoms with Gasteiger partial charge >= 0.3 is 0 Å². The predicted molar refractivity (Wildman–Crippen MR) is 92.6 cm³/mol. The average molecular weight is 336 g/mol. The molecule has 0 fully saturated rings. The number of para-hydroxylation sites is 1. The Hall–Kier alpha value is -3.28. The summed E-state index contributed by atoms with van der Waals surface area (Å²) >= 11 is 0. The molecule has 0 saturated heterocycles. The maximum atomic E-state index is 12.5. The van der Waals surface area contributed by atoms with E-state index >= 15 is 0 Å². The summed E-state index contributed by atoms with van der Waals surface area (Å²) in [5.74, 6) is 0.561. The Balaban J connectivity index is 1.51. The second-order valence-electron chi connectivity index (χ2n) is 5.76. The van der Waals surface area contributed by atoms with Gasteiger partial charge in [0, 0.05) is 16.8 Å². The van der Waals surface area contributed by atoms with Crippen LogP contribution in [0.1, 0.15) is 15.9 Å². The predicted octanol–water partition coefficient (Wildman–Crippen LogP) is 2.52. The zero-order valence-electron chi connectivity index (χ0n) is 13.5. The molecule has 2 aromatic carbocycles. The molecule has 4 rings (SSSR count). The van der Waals surface area contributed by atoms with Gasteiger partial charge in [0.25, 0.3) is 5.91 Å². The average Bonchev–Trinajstić information content (AvgIpc) is 2.87. The van der Waals surface area contributed by atoms with E-state index in [4.69, 9.17) is 9.47 Å². The first-order chi connectivity index (χ1) is 12.1. The minimum Gasteiger partial charge on any atom is -0.486 e. The van der Waals surface area contributed by atoms with Crippen LogP contribution in [-0.4, -0.2) is 36.5 Å². The lowest BCUT2D eigenvalue weighted by Gasteiger charge is -2.22. The summed E-state index contributed by atoms with van der Waals surface area (Å²) in [6.07, 6.45) is 0. The zero-order valence-corrected chi connectivity index (χ0v) is 13.5. The summed E-state index contributed by atoms with van der Waals surface area (Å²) in [4.78, 5) is 26.3. The van der Waals surface area contributed by atoms with Crippen LogP contribution >= 0.6 is 0 Å². The fourth-order valence-electron chi connectivity index (χ4n) is 3.01. The number of fused-ring (bicyclic) bond motifs is 2. The number of anilines is 1. The minimum atomic E-state index is -0.329. The number of rotatable bonds is 3. The third-order valence-electron chi connectivity index (χ3n) is 4.18. The van der Waals surface area contributed by atoms with Gasteiger partial charge in [0.05, 0.1) is 5.69 Å². The van der Waals surface area contributed by atoms with Crippen molar-refractivity contribution in [3.63, 3.8) is 0 Å². The monoisotopic (exact) mass is 336 g/mol. The summed E-state index contributed by atoms with van der Waals surface area (Å²) in [6.45, 7) is 4.73. The first-order valence-electron chi connectivity index (χ1n) is 7.94. The summed E-state index contributed by atoms with van der Waals surface area (Å²) in [7, 11) is 0. The third kappa shape index (κ3) is 2.61. The number of nitrogens with zero attached hydrogens (tertiary/aromatic N) is 1. The Morgan fingerprint density at radius 1 is 1.08 bits per heavy atom. The SMILES string of the molecule is C=C1c2ccccc2C(=O)N1CC(=O)Nc1cccc2c1OCCO2. The Kier molecular flexibility index (Phi) is 3.65. The Labute approximate surface area is 144 Å². The molecule has 2 aliphatic heterocycles. The van der Waals surface area contributed by atoms with E-state index in [0.29, 0.717) is 41.7 Å². The normalized spacial score (nSPS) is 15.1. The van der Waals surface area contributed by atoms with E-state index in [1.54, 1.807) is 30.3 Å². The molecule has 0 radical (unpaired) electrons. The topological polar surface area (TPSA) is 67.9 Å². The van der Waals surface area contributed by atoms with Crippen LogP contribution in [0.3, 0.4) is 0 Å². The molecule has 2 aromatic rings. The number of hydrogen-bond donors (Lipinski definition) is 1. The number of carbonyl (C=O) groups excluding carboxylic acids is 2. The fraction of sp³-hybridized carbons (Fsp3) is 0.158. The van der Waals surface area contributed by atoms with Crippen LogP contribution in [0.4, 0.5) is 5.69 Å². The zero-order chi connectivity index (χ0) is 17.4. The molecule has 1 N–H and O–H groups in total. The molecular weight excluding hydrogens is 320 g/mol. The molecule has 0 aromatic heterocycles. The van der Waals surface area contributed by atoms with Crippen molar-refractivity contribution in [1.29, 1.82) is 0 Å². The third-order valence-corrected chi connectivity index (χ3v) is 4.18. The second kappa shape index (κ2) is 5.98. The lowest BCUT2D eigenvalue weighted by atomic mass is 10.1. The molecule has 0 atom stereocenters. The number of benzene rings is 2. The van der Waals surface area contributed by atoms with Crippen LogP contribution in [0, 0.1) is 0 Å². The van der Waals surface area contributed by atoms with Gasteiger partial charge in [-0.2, -0.15) is 0 Å². The van der Waals surface area contributed by atoms with E-state index < -0.39 is 0 Å². The van der Waals surface area contributed by atoms with E-state index in [1.165, 1.54) is 4.90 Å². The Bertz CT molecular complexity index is 856.